The fraction of sp³-hybridized carbons (Fsp3) is 0.588. The highest BCUT2D eigenvalue weighted by Gasteiger charge is 2.39. The first-order valence-corrected chi connectivity index (χ1v) is 8.47. The van der Waals surface area contributed by atoms with Crippen LogP contribution in [0.2, 0.25) is 0 Å². The van der Waals surface area contributed by atoms with Gasteiger partial charge in [-0.3, -0.25) is 0 Å². The van der Waals surface area contributed by atoms with Crippen molar-refractivity contribution < 1.29 is 9.47 Å². The van der Waals surface area contributed by atoms with Gasteiger partial charge in [-0.2, -0.15) is 0 Å². The predicted molar refractivity (Wildman–Crippen MR) is 91.5 cm³/mol. The van der Waals surface area contributed by atoms with Crippen molar-refractivity contribution in [2.24, 2.45) is 11.8 Å². The number of hydrogen-bond acceptors (Lipinski definition) is 3. The van der Waals surface area contributed by atoms with Gasteiger partial charge in [-0.05, 0) is 55.4 Å². The summed E-state index contributed by atoms with van der Waals surface area (Å²) in [5, 5.41) is 7.45. The highest BCUT2D eigenvalue weighted by Crippen LogP contribution is 2.44. The van der Waals surface area contributed by atoms with E-state index in [1.807, 2.05) is 24.3 Å². The van der Waals surface area contributed by atoms with Crippen LogP contribution in [0.25, 0.3) is 0 Å². The van der Waals surface area contributed by atoms with Crippen molar-refractivity contribution in [1.29, 1.82) is 0 Å². The normalized spacial score (nSPS) is 25.8. The molecule has 5 heteroatoms. The molecule has 4 nitrogen and oxygen atoms in total. The van der Waals surface area contributed by atoms with Crippen LogP contribution in [0.3, 0.4) is 0 Å². The maximum absolute atomic E-state index is 5.72. The lowest BCUT2D eigenvalue weighted by Gasteiger charge is -2.24. The first-order chi connectivity index (χ1) is 10.8. The summed E-state index contributed by atoms with van der Waals surface area (Å²) in [7, 11) is 1.65. The standard InChI is InChI=1S/C17H24N2O2S/c1-20-15-4-2-3-5-16(15)21-9-8-18-17(22)19-14-11-12-6-7-13(14)10-12/h2-5,12-14H,6-11H2,1H3,(H2,18,19,22)/t12-,13+,14-/m0/s1. The van der Waals surface area contributed by atoms with Gasteiger partial charge >= 0.3 is 0 Å². The summed E-state index contributed by atoms with van der Waals surface area (Å²) in [6.45, 7) is 1.24. The van der Waals surface area contributed by atoms with Crippen molar-refractivity contribution in [3.63, 3.8) is 0 Å². The lowest BCUT2D eigenvalue weighted by Crippen LogP contribution is -2.45. The topological polar surface area (TPSA) is 42.5 Å². The number of nitrogens with one attached hydrogen (secondary N) is 2. The Labute approximate surface area is 137 Å². The summed E-state index contributed by atoms with van der Waals surface area (Å²) in [5.74, 6) is 3.28. The predicted octanol–water partition coefficient (Wildman–Crippen LogP) is 2.73. The molecule has 0 spiro atoms. The first kappa shape index (κ1) is 15.4. The lowest BCUT2D eigenvalue weighted by atomic mass is 9.96. The maximum atomic E-state index is 5.72. The molecule has 22 heavy (non-hydrogen) atoms. The minimum Gasteiger partial charge on any atom is -0.493 e. The van der Waals surface area contributed by atoms with Gasteiger partial charge in [0.15, 0.2) is 16.6 Å². The van der Waals surface area contributed by atoms with Crippen molar-refractivity contribution in [2.75, 3.05) is 20.3 Å². The van der Waals surface area contributed by atoms with E-state index in [0.717, 1.165) is 28.4 Å². The molecule has 3 atom stereocenters. The maximum Gasteiger partial charge on any atom is 0.166 e. The Morgan fingerprint density at radius 3 is 2.73 bits per heavy atom. The molecular weight excluding hydrogens is 296 g/mol. The van der Waals surface area contributed by atoms with Crippen molar-refractivity contribution >= 4 is 17.3 Å². The third-order valence-electron chi connectivity index (χ3n) is 4.77. The molecule has 0 saturated heterocycles. The van der Waals surface area contributed by atoms with Gasteiger partial charge in [0.05, 0.1) is 13.7 Å². The smallest absolute Gasteiger partial charge is 0.166 e. The fourth-order valence-corrected chi connectivity index (χ4v) is 3.96. The van der Waals surface area contributed by atoms with Crippen LogP contribution in [0, 0.1) is 11.8 Å². The fourth-order valence-electron chi connectivity index (χ4n) is 3.70. The molecule has 2 aliphatic rings. The van der Waals surface area contributed by atoms with E-state index in [-0.39, 0.29) is 0 Å². The molecule has 2 N–H and O–H groups in total. The highest BCUT2D eigenvalue weighted by atomic mass is 32.1. The zero-order valence-corrected chi connectivity index (χ0v) is 13.8. The molecule has 0 heterocycles. The molecule has 0 aromatic heterocycles. The molecule has 0 amide bonds. The number of ether oxygens (including phenoxy) is 2. The van der Waals surface area contributed by atoms with Crippen LogP contribution in [0.4, 0.5) is 0 Å². The molecule has 2 aliphatic carbocycles. The van der Waals surface area contributed by atoms with E-state index in [2.05, 4.69) is 10.6 Å². The zero-order valence-electron chi connectivity index (χ0n) is 13.0. The lowest BCUT2D eigenvalue weighted by molar-refractivity contribution is 0.297. The Morgan fingerprint density at radius 1 is 1.23 bits per heavy atom. The first-order valence-electron chi connectivity index (χ1n) is 8.06. The quantitative estimate of drug-likeness (QED) is 0.623. The molecule has 2 bridgehead atoms. The third-order valence-corrected chi connectivity index (χ3v) is 5.03. The van der Waals surface area contributed by atoms with Gasteiger partial charge in [0, 0.05) is 6.04 Å². The van der Waals surface area contributed by atoms with E-state index >= 15 is 0 Å². The summed E-state index contributed by atoms with van der Waals surface area (Å²) in [4.78, 5) is 0. The number of benzene rings is 1. The molecule has 2 saturated carbocycles. The van der Waals surface area contributed by atoms with E-state index in [0.29, 0.717) is 19.2 Å². The highest BCUT2D eigenvalue weighted by molar-refractivity contribution is 7.80. The van der Waals surface area contributed by atoms with Crippen molar-refractivity contribution in [2.45, 2.75) is 31.7 Å². The van der Waals surface area contributed by atoms with Crippen LogP contribution in [-0.2, 0) is 0 Å². The number of methoxy groups -OCH3 is 1. The molecule has 0 radical (unpaired) electrons. The minimum absolute atomic E-state index is 0.554. The van der Waals surface area contributed by atoms with E-state index in [1.54, 1.807) is 7.11 Å². The summed E-state index contributed by atoms with van der Waals surface area (Å²) in [6.07, 6.45) is 5.44. The van der Waals surface area contributed by atoms with Crippen molar-refractivity contribution in [3.05, 3.63) is 24.3 Å². The SMILES string of the molecule is COc1ccccc1OCCNC(=S)N[C@H]1C[C@H]2CC[C@@H]1C2. The Balaban J connectivity index is 1.35. The van der Waals surface area contributed by atoms with Crippen LogP contribution in [0.1, 0.15) is 25.7 Å². The average Bonchev–Trinajstić information content (AvgIpc) is 3.14. The van der Waals surface area contributed by atoms with Gasteiger partial charge in [-0.25, -0.2) is 0 Å². The van der Waals surface area contributed by atoms with Gasteiger partial charge in [0.25, 0.3) is 0 Å². The summed E-state index contributed by atoms with van der Waals surface area (Å²) >= 11 is 5.38. The summed E-state index contributed by atoms with van der Waals surface area (Å²) in [6, 6.07) is 8.24. The van der Waals surface area contributed by atoms with Gasteiger partial charge < -0.3 is 20.1 Å². The molecule has 3 rings (SSSR count). The van der Waals surface area contributed by atoms with Gasteiger partial charge in [-0.1, -0.05) is 18.6 Å². The van der Waals surface area contributed by atoms with Crippen molar-refractivity contribution in [3.8, 4) is 11.5 Å². The van der Waals surface area contributed by atoms with Crippen LogP contribution in [-0.4, -0.2) is 31.4 Å². The molecule has 1 aromatic rings. The second-order valence-electron chi connectivity index (χ2n) is 6.18. The van der Waals surface area contributed by atoms with Crippen LogP contribution < -0.4 is 20.1 Å². The Hall–Kier alpha value is -1.49. The second kappa shape index (κ2) is 7.18. The van der Waals surface area contributed by atoms with Crippen LogP contribution in [0.15, 0.2) is 24.3 Å². The number of rotatable bonds is 6. The number of fused-ring (bicyclic) bond motifs is 2. The van der Waals surface area contributed by atoms with Crippen LogP contribution in [0.5, 0.6) is 11.5 Å². The van der Waals surface area contributed by atoms with Crippen LogP contribution >= 0.6 is 12.2 Å². The Kier molecular flexibility index (Phi) is 5.03. The molecule has 1 aromatic carbocycles. The van der Waals surface area contributed by atoms with Crippen molar-refractivity contribution in [1.82, 2.24) is 10.6 Å². The second-order valence-corrected chi connectivity index (χ2v) is 6.59. The van der Waals surface area contributed by atoms with E-state index in [1.165, 1.54) is 25.7 Å². The summed E-state index contributed by atoms with van der Waals surface area (Å²) in [5.41, 5.74) is 0. The number of para-hydroxylation sites is 2. The summed E-state index contributed by atoms with van der Waals surface area (Å²) < 4.78 is 11.0. The zero-order chi connectivity index (χ0) is 15.4. The van der Waals surface area contributed by atoms with Gasteiger partial charge in [-0.15, -0.1) is 0 Å². The van der Waals surface area contributed by atoms with Gasteiger partial charge in [0.2, 0.25) is 0 Å². The van der Waals surface area contributed by atoms with E-state index in [9.17, 15) is 0 Å². The number of hydrogen-bond donors (Lipinski definition) is 2. The minimum atomic E-state index is 0.554. The molecule has 0 aliphatic heterocycles. The number of thiocarbonyl (C=S) groups is 1. The molecule has 0 unspecified atom stereocenters. The largest absolute Gasteiger partial charge is 0.493 e. The third kappa shape index (κ3) is 3.64. The van der Waals surface area contributed by atoms with E-state index in [4.69, 9.17) is 21.7 Å². The Bertz CT molecular complexity index is 523. The Morgan fingerprint density at radius 2 is 2.05 bits per heavy atom. The monoisotopic (exact) mass is 320 g/mol. The average molecular weight is 320 g/mol. The molecular formula is C17H24N2O2S. The van der Waals surface area contributed by atoms with Gasteiger partial charge in [0.1, 0.15) is 6.61 Å². The molecule has 120 valence electrons. The van der Waals surface area contributed by atoms with E-state index < -0.39 is 0 Å². The molecule has 2 fully saturated rings.